The first-order valence-electron chi connectivity index (χ1n) is 47.4. The Morgan fingerprint density at radius 3 is 0.678 bits per heavy atom. The number of carbonyl (C=O) groups is 3. The highest BCUT2D eigenvalue weighted by atomic mass is 31.2. The molecule has 0 aliphatic carbocycles. The third-order valence-electron chi connectivity index (χ3n) is 19.5. The minimum Gasteiger partial charge on any atom is -0.463 e. The Balaban J connectivity index is 4.51. The number of ether oxygens (including phenoxy) is 3. The van der Waals surface area contributed by atoms with E-state index in [1.807, 2.05) is 12.2 Å². The van der Waals surface area contributed by atoms with Crippen molar-refractivity contribution in [1.29, 1.82) is 0 Å². The predicted octanol–water partition coefficient (Wildman–Crippen LogP) is 29.6. The molecule has 0 heterocycles. The van der Waals surface area contributed by atoms with Gasteiger partial charge in [-0.15, -0.1) is 0 Å². The topological polar surface area (TPSA) is 231 Å². The zero-order valence-corrected chi connectivity index (χ0v) is 77.7. The highest BCUT2D eigenvalue weighted by molar-refractivity contribution is 7.47. The molecule has 0 aliphatic heterocycles. The summed E-state index contributed by atoms with van der Waals surface area (Å²) in [6.07, 6.45) is 126. The molecule has 0 amide bonds. The molecule has 5 atom stereocenters. The summed E-state index contributed by atoms with van der Waals surface area (Å²) in [5.74, 6) is -1.64. The van der Waals surface area contributed by atoms with Crippen LogP contribution in [0.25, 0.3) is 0 Å². The number of esters is 3. The number of carbonyl (C=O) groups excluding carboxylic acids is 3. The lowest BCUT2D eigenvalue weighted by atomic mass is 10.0. The van der Waals surface area contributed by atoms with Gasteiger partial charge >= 0.3 is 33.6 Å². The maximum Gasteiger partial charge on any atom is 0.472 e. The van der Waals surface area contributed by atoms with Crippen LogP contribution in [-0.2, 0) is 55.8 Å². The molecule has 0 aromatic heterocycles. The molecule has 0 aliphatic rings. The normalized spacial score (nSPS) is 14.7. The van der Waals surface area contributed by atoms with E-state index in [1.54, 1.807) is 0 Å². The third kappa shape index (κ3) is 94.6. The van der Waals surface area contributed by atoms with Gasteiger partial charge in [-0.1, -0.05) is 394 Å². The Morgan fingerprint density at radius 2 is 0.421 bits per heavy atom. The van der Waals surface area contributed by atoms with Gasteiger partial charge in [-0.25, -0.2) is 9.13 Å². The highest BCUT2D eigenvalue weighted by Gasteiger charge is 2.29. The number of allylic oxidation sites excluding steroid dienone is 34. The highest BCUT2D eigenvalue weighted by Crippen LogP contribution is 2.45. The Kier molecular flexibility index (Phi) is 88.8. The number of phosphoric acid groups is 2. The van der Waals surface area contributed by atoms with Crippen molar-refractivity contribution in [2.75, 3.05) is 39.6 Å². The van der Waals surface area contributed by atoms with E-state index in [4.69, 9.17) is 32.3 Å². The zero-order valence-electron chi connectivity index (χ0n) is 75.9. The van der Waals surface area contributed by atoms with Crippen LogP contribution in [0.3, 0.4) is 0 Å². The summed E-state index contributed by atoms with van der Waals surface area (Å²) in [5, 5.41) is 20.7. The lowest BCUT2D eigenvalue weighted by Crippen LogP contribution is -2.30. The fraction of sp³-hybridized carbons (Fsp3) is 0.641. The van der Waals surface area contributed by atoms with Crippen LogP contribution < -0.4 is 0 Å². The first kappa shape index (κ1) is 115. The van der Waals surface area contributed by atoms with Gasteiger partial charge in [0.15, 0.2) is 6.10 Å². The molecule has 16 nitrogen and oxygen atoms in total. The Hall–Kier alpha value is -5.87. The molecule has 0 spiro atoms. The summed E-state index contributed by atoms with van der Waals surface area (Å²) in [6, 6.07) is 0. The first-order valence-corrected chi connectivity index (χ1v) is 50.4. The number of hydrogen-bond acceptors (Lipinski definition) is 14. The van der Waals surface area contributed by atoms with Crippen LogP contribution in [0.2, 0.25) is 0 Å². The summed E-state index contributed by atoms with van der Waals surface area (Å²) in [7, 11) is -9.83. The molecule has 0 aromatic rings. The minimum absolute atomic E-state index is 0.0211. The van der Waals surface area contributed by atoms with E-state index in [-0.39, 0.29) is 19.3 Å². The molecule has 0 saturated carbocycles. The first-order chi connectivity index (χ1) is 59.2. The van der Waals surface area contributed by atoms with Crippen molar-refractivity contribution >= 4 is 33.6 Å². The van der Waals surface area contributed by atoms with Crippen LogP contribution in [0.1, 0.15) is 367 Å². The van der Waals surface area contributed by atoms with Crippen LogP contribution in [0.5, 0.6) is 0 Å². The molecule has 18 heteroatoms. The number of aliphatic hydroxyl groups excluding tert-OH is 2. The Labute approximate surface area is 737 Å². The summed E-state index contributed by atoms with van der Waals surface area (Å²) in [6.45, 7) is 2.29. The number of unbranched alkanes of at least 4 members (excludes halogenated alkanes) is 31. The van der Waals surface area contributed by atoms with Gasteiger partial charge in [0, 0.05) is 19.3 Å². The lowest BCUT2D eigenvalue weighted by molar-refractivity contribution is -0.161. The monoisotopic (exact) mass is 1730 g/mol. The molecule has 0 radical (unpaired) electrons. The molecule has 0 rings (SSSR count). The SMILES string of the molecule is CC/C=C\C/C=C\C/C=C\C/C=C\C/C=C\C/C=C\CCCCCCCCCCCCCCCCCCC(=O)OCC(O)COP(=O)(O)OCC(O)COP(=O)(O)OCC(COC(=O)CCCCCCCCCCCCCCCC/C=C\C/C=C\C/C=C\C/C=C\C/C=C\C/C=C\CC)OC(=O)CCC/C=C\C/C=C\C/C=C\C/C=C\C/C=C\CC. The van der Waals surface area contributed by atoms with Crippen molar-refractivity contribution in [2.45, 2.75) is 386 Å². The van der Waals surface area contributed by atoms with Crippen molar-refractivity contribution in [2.24, 2.45) is 0 Å². The molecular weight excluding hydrogens is 1560 g/mol. The lowest BCUT2D eigenvalue weighted by Gasteiger charge is -2.21. The van der Waals surface area contributed by atoms with Crippen molar-refractivity contribution in [3.05, 3.63) is 207 Å². The van der Waals surface area contributed by atoms with Crippen molar-refractivity contribution < 1.29 is 75.8 Å². The van der Waals surface area contributed by atoms with Gasteiger partial charge < -0.3 is 34.2 Å². The van der Waals surface area contributed by atoms with Crippen molar-refractivity contribution in [3.63, 3.8) is 0 Å². The standard InChI is InChI=1S/C103H170O16P2/c1-4-7-10-13-16-19-22-25-28-31-33-35-37-39-41-43-45-47-48-50-52-53-55-57-59-61-63-66-68-71-74-77-80-83-86-89-101(106)113-92-98(104)93-115-120(109,110)116-94-99(105)95-117-121(111,112)118-97-100(119-103(108)91-88-85-82-79-76-73-70-65-30-27-24-21-18-15-12-9-6-3)96-114-102(107)90-87-84-81-78-75-72-69-67-64-62-60-58-56-54-51-49-46-44-42-40-38-36-34-32-29-26-23-20-17-14-11-8-5-2/h7-12,16-21,25-30,33-36,39-42,45-47,49,70,73,79,82,98-100,104-105H,4-6,13-15,22-24,31-32,37-38,43-44,48,50-69,71-72,74-78,80-81,83-97H2,1-3H3,(H,109,110)(H,111,112)/b10-7-,11-8-,12-9-,19-16-,20-17-,21-18-,28-25-,29-26-,30-27-,35-33-,36-34-,41-39-,42-40-,47-45-,49-46-,73-70-,82-79-. The molecule has 4 N–H and O–H groups in total. The maximum absolute atomic E-state index is 13.0. The van der Waals surface area contributed by atoms with E-state index in [9.17, 15) is 43.5 Å². The number of phosphoric ester groups is 2. The van der Waals surface area contributed by atoms with Crippen LogP contribution >= 0.6 is 15.6 Å². The van der Waals surface area contributed by atoms with E-state index in [2.05, 4.69) is 215 Å². The quantitative estimate of drug-likeness (QED) is 0.0146. The third-order valence-corrected chi connectivity index (χ3v) is 21.4. The van der Waals surface area contributed by atoms with E-state index < -0.39 is 91.5 Å². The second-order valence-corrected chi connectivity index (χ2v) is 33.9. The average molecular weight is 1730 g/mol. The second-order valence-electron chi connectivity index (χ2n) is 31.0. The van der Waals surface area contributed by atoms with Crippen LogP contribution in [0, 0.1) is 0 Å². The van der Waals surface area contributed by atoms with Crippen molar-refractivity contribution in [1.82, 2.24) is 0 Å². The fourth-order valence-corrected chi connectivity index (χ4v) is 14.0. The van der Waals surface area contributed by atoms with Gasteiger partial charge in [0.1, 0.15) is 25.4 Å². The van der Waals surface area contributed by atoms with Crippen LogP contribution in [0.15, 0.2) is 207 Å². The molecule has 0 aromatic carbocycles. The van der Waals surface area contributed by atoms with Gasteiger partial charge in [-0.05, 0) is 161 Å². The van der Waals surface area contributed by atoms with Gasteiger partial charge in [-0.3, -0.25) is 32.5 Å². The molecule has 5 unspecified atom stereocenters. The van der Waals surface area contributed by atoms with Crippen molar-refractivity contribution in [3.8, 4) is 0 Å². The summed E-state index contributed by atoms with van der Waals surface area (Å²) in [5.41, 5.74) is 0. The largest absolute Gasteiger partial charge is 0.472 e. The smallest absolute Gasteiger partial charge is 0.463 e. The molecular formula is C103H170O16P2. The maximum atomic E-state index is 13.0. The van der Waals surface area contributed by atoms with Gasteiger partial charge in [0.2, 0.25) is 0 Å². The second kappa shape index (κ2) is 93.3. The minimum atomic E-state index is -4.96. The predicted molar refractivity (Wildman–Crippen MR) is 509 cm³/mol. The summed E-state index contributed by atoms with van der Waals surface area (Å²) >= 11 is 0. The number of aliphatic hydroxyl groups is 2. The molecule has 0 saturated heterocycles. The zero-order chi connectivity index (χ0) is 87.9. The van der Waals surface area contributed by atoms with E-state index in [1.165, 1.54) is 141 Å². The summed E-state index contributed by atoms with van der Waals surface area (Å²) in [4.78, 5) is 58.9. The average Bonchev–Trinajstić information content (AvgIpc) is 0.896. The van der Waals surface area contributed by atoms with E-state index in [0.29, 0.717) is 25.7 Å². The molecule has 0 fully saturated rings. The van der Waals surface area contributed by atoms with Gasteiger partial charge in [0.05, 0.1) is 26.4 Å². The van der Waals surface area contributed by atoms with E-state index in [0.717, 1.165) is 161 Å². The molecule has 0 bridgehead atoms. The Morgan fingerprint density at radius 1 is 0.231 bits per heavy atom. The fourth-order valence-electron chi connectivity index (χ4n) is 12.4. The Bertz CT molecular complexity index is 3030. The van der Waals surface area contributed by atoms with Crippen LogP contribution in [-0.4, -0.2) is 95.9 Å². The number of hydrogen-bond donors (Lipinski definition) is 4. The van der Waals surface area contributed by atoms with Gasteiger partial charge in [-0.2, -0.15) is 0 Å². The van der Waals surface area contributed by atoms with E-state index >= 15 is 0 Å². The molecule has 121 heavy (non-hydrogen) atoms. The summed E-state index contributed by atoms with van der Waals surface area (Å²) < 4.78 is 61.4. The van der Waals surface area contributed by atoms with Crippen LogP contribution in [0.4, 0.5) is 0 Å². The molecule has 688 valence electrons. The number of rotatable bonds is 88. The van der Waals surface area contributed by atoms with Gasteiger partial charge in [0.25, 0.3) is 0 Å².